The Hall–Kier alpha value is -1.92. The summed E-state index contributed by atoms with van der Waals surface area (Å²) in [5, 5.41) is 0. The van der Waals surface area contributed by atoms with Gasteiger partial charge in [-0.25, -0.2) is 17.5 Å². The largest absolute Gasteiger partial charge is 0.398 e. The van der Waals surface area contributed by atoms with Gasteiger partial charge in [0.1, 0.15) is 10.7 Å². The Kier molecular flexibility index (Phi) is 4.29. The van der Waals surface area contributed by atoms with Gasteiger partial charge in [0, 0.05) is 11.7 Å². The number of aryl methyl sites for hydroxylation is 1. The van der Waals surface area contributed by atoms with Crippen LogP contribution in [0.4, 0.5) is 10.1 Å². The number of nitrogen functional groups attached to an aromatic ring is 1. The van der Waals surface area contributed by atoms with Gasteiger partial charge in [-0.3, -0.25) is 0 Å². The van der Waals surface area contributed by atoms with E-state index in [1.165, 1.54) is 0 Å². The zero-order valence-corrected chi connectivity index (χ0v) is 12.6. The summed E-state index contributed by atoms with van der Waals surface area (Å²) < 4.78 is 40.9. The lowest BCUT2D eigenvalue weighted by Crippen LogP contribution is -2.27. The van der Waals surface area contributed by atoms with Gasteiger partial charge in [-0.15, -0.1) is 0 Å². The Morgan fingerprint density at radius 3 is 2.43 bits per heavy atom. The van der Waals surface area contributed by atoms with Crippen molar-refractivity contribution >= 4 is 15.7 Å². The second-order valence-electron chi connectivity index (χ2n) is 4.89. The van der Waals surface area contributed by atoms with Crippen LogP contribution in [0, 0.1) is 12.7 Å². The van der Waals surface area contributed by atoms with E-state index < -0.39 is 26.8 Å². The molecular weight excluding hydrogens is 291 g/mol. The molecule has 1 unspecified atom stereocenters. The quantitative estimate of drug-likeness (QED) is 0.853. The Morgan fingerprint density at radius 1 is 1.19 bits per heavy atom. The van der Waals surface area contributed by atoms with Gasteiger partial charge in [0.2, 0.25) is 10.0 Å². The Balaban J connectivity index is 2.33. The Bertz CT molecular complexity index is 746. The third-order valence-electron chi connectivity index (χ3n) is 3.24. The number of nitrogens with one attached hydrogen (secondary N) is 1. The monoisotopic (exact) mass is 308 g/mol. The summed E-state index contributed by atoms with van der Waals surface area (Å²) in [6, 6.07) is 10.8. The molecule has 0 aromatic heterocycles. The summed E-state index contributed by atoms with van der Waals surface area (Å²) in [5.41, 5.74) is 7.20. The van der Waals surface area contributed by atoms with Crippen molar-refractivity contribution in [2.45, 2.75) is 24.8 Å². The summed E-state index contributed by atoms with van der Waals surface area (Å²) in [4.78, 5) is -0.437. The molecule has 0 bridgehead atoms. The SMILES string of the molecule is Cc1cc(F)c(S(=O)(=O)NC(C)c2ccccc2)cc1N. The lowest BCUT2D eigenvalue weighted by molar-refractivity contribution is 0.547. The molecule has 2 aromatic rings. The minimum Gasteiger partial charge on any atom is -0.398 e. The molecule has 0 heterocycles. The maximum absolute atomic E-state index is 13.9. The zero-order chi connectivity index (χ0) is 15.6. The van der Waals surface area contributed by atoms with Crippen LogP contribution < -0.4 is 10.5 Å². The number of hydrogen-bond donors (Lipinski definition) is 2. The van der Waals surface area contributed by atoms with Crippen molar-refractivity contribution in [1.82, 2.24) is 4.72 Å². The predicted molar refractivity (Wildman–Crippen MR) is 80.7 cm³/mol. The number of anilines is 1. The number of rotatable bonds is 4. The highest BCUT2D eigenvalue weighted by Crippen LogP contribution is 2.23. The van der Waals surface area contributed by atoms with E-state index in [0.717, 1.165) is 17.7 Å². The molecule has 0 radical (unpaired) electrons. The van der Waals surface area contributed by atoms with Crippen LogP contribution in [-0.4, -0.2) is 8.42 Å². The van der Waals surface area contributed by atoms with Gasteiger partial charge >= 0.3 is 0 Å². The molecule has 2 rings (SSSR count). The molecule has 0 saturated heterocycles. The number of halogens is 1. The van der Waals surface area contributed by atoms with E-state index >= 15 is 0 Å². The minimum atomic E-state index is -3.98. The lowest BCUT2D eigenvalue weighted by atomic mass is 10.1. The second kappa shape index (κ2) is 5.83. The van der Waals surface area contributed by atoms with E-state index in [4.69, 9.17) is 5.73 Å². The lowest BCUT2D eigenvalue weighted by Gasteiger charge is -2.15. The number of nitrogens with two attached hydrogens (primary N) is 1. The molecule has 6 heteroatoms. The average Bonchev–Trinajstić information content (AvgIpc) is 2.43. The minimum absolute atomic E-state index is 0.240. The van der Waals surface area contributed by atoms with Gasteiger partial charge in [-0.05, 0) is 37.1 Å². The van der Waals surface area contributed by atoms with Crippen molar-refractivity contribution in [2.75, 3.05) is 5.73 Å². The first-order valence-electron chi connectivity index (χ1n) is 6.44. The zero-order valence-electron chi connectivity index (χ0n) is 11.8. The van der Waals surface area contributed by atoms with Crippen molar-refractivity contribution in [1.29, 1.82) is 0 Å². The van der Waals surface area contributed by atoms with Crippen LogP contribution in [-0.2, 0) is 10.0 Å². The van der Waals surface area contributed by atoms with Crippen LogP contribution in [0.3, 0.4) is 0 Å². The summed E-state index contributed by atoms with van der Waals surface area (Å²) >= 11 is 0. The van der Waals surface area contributed by atoms with Crippen LogP contribution in [0.5, 0.6) is 0 Å². The fourth-order valence-electron chi connectivity index (χ4n) is 1.98. The van der Waals surface area contributed by atoms with Gasteiger partial charge in [0.25, 0.3) is 0 Å². The molecule has 0 aliphatic rings. The molecule has 1 atom stereocenters. The van der Waals surface area contributed by atoms with Crippen LogP contribution in [0.15, 0.2) is 47.4 Å². The van der Waals surface area contributed by atoms with Crippen molar-refractivity contribution < 1.29 is 12.8 Å². The van der Waals surface area contributed by atoms with Crippen LogP contribution >= 0.6 is 0 Å². The molecule has 4 nitrogen and oxygen atoms in total. The number of benzene rings is 2. The first-order valence-corrected chi connectivity index (χ1v) is 7.92. The maximum Gasteiger partial charge on any atom is 0.244 e. The third-order valence-corrected chi connectivity index (χ3v) is 4.80. The highest BCUT2D eigenvalue weighted by molar-refractivity contribution is 7.89. The maximum atomic E-state index is 13.9. The summed E-state index contributed by atoms with van der Waals surface area (Å²) in [7, 11) is -3.98. The number of sulfonamides is 1. The smallest absolute Gasteiger partial charge is 0.244 e. The van der Waals surface area contributed by atoms with Gasteiger partial charge in [-0.2, -0.15) is 0 Å². The normalized spacial score (nSPS) is 13.1. The summed E-state index contributed by atoms with van der Waals surface area (Å²) in [6.07, 6.45) is 0. The van der Waals surface area contributed by atoms with E-state index in [1.807, 2.05) is 18.2 Å². The Labute approximate surface area is 123 Å². The summed E-state index contributed by atoms with van der Waals surface area (Å²) in [6.45, 7) is 3.32. The topological polar surface area (TPSA) is 72.2 Å². The van der Waals surface area contributed by atoms with Crippen LogP contribution in [0.2, 0.25) is 0 Å². The van der Waals surface area contributed by atoms with E-state index in [0.29, 0.717) is 5.56 Å². The molecule has 21 heavy (non-hydrogen) atoms. The van der Waals surface area contributed by atoms with Gasteiger partial charge in [0.15, 0.2) is 0 Å². The van der Waals surface area contributed by atoms with Gasteiger partial charge in [0.05, 0.1) is 0 Å². The number of hydrogen-bond acceptors (Lipinski definition) is 3. The second-order valence-corrected chi connectivity index (χ2v) is 6.58. The molecule has 112 valence electrons. The fourth-order valence-corrected chi connectivity index (χ4v) is 3.31. The average molecular weight is 308 g/mol. The molecular formula is C15H17FN2O2S. The molecule has 0 aliphatic heterocycles. The fraction of sp³-hybridized carbons (Fsp3) is 0.200. The highest BCUT2D eigenvalue weighted by atomic mass is 32.2. The predicted octanol–water partition coefficient (Wildman–Crippen LogP) is 2.76. The van der Waals surface area contributed by atoms with Crippen molar-refractivity contribution in [3.63, 3.8) is 0 Å². The standard InChI is InChI=1S/C15H17FN2O2S/c1-10-8-13(16)15(9-14(10)17)21(19,20)18-11(2)12-6-4-3-5-7-12/h3-9,11,18H,17H2,1-2H3. The first-order chi connectivity index (χ1) is 9.81. The van der Waals surface area contributed by atoms with E-state index in [2.05, 4.69) is 4.72 Å². The Morgan fingerprint density at radius 2 is 1.81 bits per heavy atom. The molecule has 0 aliphatic carbocycles. The summed E-state index contributed by atoms with van der Waals surface area (Å²) in [5.74, 6) is -0.811. The third kappa shape index (κ3) is 3.40. The molecule has 0 spiro atoms. The van der Waals surface area contributed by atoms with E-state index in [1.54, 1.807) is 26.0 Å². The van der Waals surface area contributed by atoms with Crippen molar-refractivity contribution in [3.8, 4) is 0 Å². The van der Waals surface area contributed by atoms with Gasteiger partial charge in [-0.1, -0.05) is 30.3 Å². The highest BCUT2D eigenvalue weighted by Gasteiger charge is 2.23. The van der Waals surface area contributed by atoms with Crippen LogP contribution in [0.1, 0.15) is 24.1 Å². The molecule has 0 amide bonds. The molecule has 0 fully saturated rings. The molecule has 0 saturated carbocycles. The van der Waals surface area contributed by atoms with E-state index in [9.17, 15) is 12.8 Å². The van der Waals surface area contributed by atoms with Crippen molar-refractivity contribution in [2.24, 2.45) is 0 Å². The first kappa shape index (κ1) is 15.5. The van der Waals surface area contributed by atoms with Crippen LogP contribution in [0.25, 0.3) is 0 Å². The molecule has 3 N–H and O–H groups in total. The van der Waals surface area contributed by atoms with E-state index in [-0.39, 0.29) is 5.69 Å². The van der Waals surface area contributed by atoms with Gasteiger partial charge < -0.3 is 5.73 Å². The molecule has 2 aromatic carbocycles. The van der Waals surface area contributed by atoms with Crippen molar-refractivity contribution in [3.05, 3.63) is 59.4 Å².